The standard InChI is InChI=1S/C14H21NO/c1-3-8-14(2,15)10-12-9-11-6-4-5-7-13(11)16-12/h4-7,12H,3,8-10,15H2,1-2H3. The van der Waals surface area contributed by atoms with Crippen molar-refractivity contribution in [2.24, 2.45) is 5.73 Å². The fourth-order valence-electron chi connectivity index (χ4n) is 2.56. The Bertz CT molecular complexity index is 335. The van der Waals surface area contributed by atoms with Crippen LogP contribution in [0.2, 0.25) is 0 Å². The van der Waals surface area contributed by atoms with Crippen LogP contribution in [0.5, 0.6) is 5.75 Å². The molecule has 0 fully saturated rings. The van der Waals surface area contributed by atoms with Crippen LogP contribution in [0.25, 0.3) is 0 Å². The minimum absolute atomic E-state index is 0.0958. The van der Waals surface area contributed by atoms with Crippen molar-refractivity contribution in [3.63, 3.8) is 0 Å². The zero-order valence-corrected chi connectivity index (χ0v) is 10.2. The second kappa shape index (κ2) is 4.46. The van der Waals surface area contributed by atoms with Gasteiger partial charge in [0, 0.05) is 18.4 Å². The van der Waals surface area contributed by atoms with E-state index < -0.39 is 0 Å². The minimum Gasteiger partial charge on any atom is -0.490 e. The van der Waals surface area contributed by atoms with Crippen LogP contribution in [-0.2, 0) is 6.42 Å². The SMILES string of the molecule is CCCC(C)(N)CC1Cc2ccccc2O1. The zero-order valence-electron chi connectivity index (χ0n) is 10.2. The molecule has 16 heavy (non-hydrogen) atoms. The molecule has 2 unspecified atom stereocenters. The summed E-state index contributed by atoms with van der Waals surface area (Å²) >= 11 is 0. The van der Waals surface area contributed by atoms with E-state index in [-0.39, 0.29) is 11.6 Å². The van der Waals surface area contributed by atoms with Crippen molar-refractivity contribution >= 4 is 0 Å². The number of benzene rings is 1. The van der Waals surface area contributed by atoms with Gasteiger partial charge in [-0.25, -0.2) is 0 Å². The molecule has 0 amide bonds. The van der Waals surface area contributed by atoms with Gasteiger partial charge >= 0.3 is 0 Å². The average molecular weight is 219 g/mol. The summed E-state index contributed by atoms with van der Waals surface area (Å²) in [6.07, 6.45) is 4.40. The number of rotatable bonds is 4. The van der Waals surface area contributed by atoms with E-state index in [1.807, 2.05) is 12.1 Å². The highest BCUT2D eigenvalue weighted by Gasteiger charge is 2.29. The Hall–Kier alpha value is -1.02. The third kappa shape index (κ3) is 2.56. The third-order valence-corrected chi connectivity index (χ3v) is 3.23. The molecule has 1 heterocycles. The van der Waals surface area contributed by atoms with Crippen molar-refractivity contribution in [3.8, 4) is 5.75 Å². The van der Waals surface area contributed by atoms with Gasteiger partial charge in [-0.3, -0.25) is 0 Å². The molecule has 2 nitrogen and oxygen atoms in total. The summed E-state index contributed by atoms with van der Waals surface area (Å²) in [5.41, 5.74) is 7.49. The van der Waals surface area contributed by atoms with E-state index in [0.29, 0.717) is 0 Å². The molecule has 1 aliphatic rings. The molecule has 0 spiro atoms. The van der Waals surface area contributed by atoms with Crippen molar-refractivity contribution in [1.29, 1.82) is 0 Å². The summed E-state index contributed by atoms with van der Waals surface area (Å²) in [4.78, 5) is 0. The van der Waals surface area contributed by atoms with Crippen molar-refractivity contribution < 1.29 is 4.74 Å². The average Bonchev–Trinajstić information content (AvgIpc) is 2.58. The molecule has 2 rings (SSSR count). The Morgan fingerprint density at radius 1 is 1.44 bits per heavy atom. The maximum absolute atomic E-state index is 6.26. The Kier molecular flexibility index (Phi) is 3.20. The zero-order chi connectivity index (χ0) is 11.6. The summed E-state index contributed by atoms with van der Waals surface area (Å²) in [5.74, 6) is 1.04. The lowest BCUT2D eigenvalue weighted by atomic mass is 9.89. The van der Waals surface area contributed by atoms with Crippen LogP contribution in [0, 0.1) is 0 Å². The fourth-order valence-corrected chi connectivity index (χ4v) is 2.56. The molecular formula is C14H21NO. The number of fused-ring (bicyclic) bond motifs is 1. The molecule has 88 valence electrons. The largest absolute Gasteiger partial charge is 0.490 e. The molecule has 0 aliphatic carbocycles. The van der Waals surface area contributed by atoms with Gasteiger partial charge < -0.3 is 10.5 Å². The highest BCUT2D eigenvalue weighted by molar-refractivity contribution is 5.37. The Morgan fingerprint density at radius 2 is 2.19 bits per heavy atom. The number of nitrogens with two attached hydrogens (primary N) is 1. The summed E-state index contributed by atoms with van der Waals surface area (Å²) < 4.78 is 5.91. The van der Waals surface area contributed by atoms with Crippen LogP contribution in [0.15, 0.2) is 24.3 Å². The third-order valence-electron chi connectivity index (χ3n) is 3.23. The molecule has 0 radical (unpaired) electrons. The Balaban J connectivity index is 1.97. The van der Waals surface area contributed by atoms with Gasteiger partial charge in [-0.1, -0.05) is 31.5 Å². The number of ether oxygens (including phenoxy) is 1. The van der Waals surface area contributed by atoms with Crippen LogP contribution in [0.4, 0.5) is 0 Å². The van der Waals surface area contributed by atoms with E-state index in [4.69, 9.17) is 10.5 Å². The van der Waals surface area contributed by atoms with E-state index in [9.17, 15) is 0 Å². The van der Waals surface area contributed by atoms with Gasteiger partial charge in [-0.2, -0.15) is 0 Å². The Morgan fingerprint density at radius 3 is 2.88 bits per heavy atom. The normalized spacial score (nSPS) is 22.3. The molecule has 2 atom stereocenters. The molecular weight excluding hydrogens is 198 g/mol. The molecule has 1 aromatic rings. The highest BCUT2D eigenvalue weighted by atomic mass is 16.5. The first-order chi connectivity index (χ1) is 7.61. The van der Waals surface area contributed by atoms with Crippen LogP contribution in [0.3, 0.4) is 0 Å². The lowest BCUT2D eigenvalue weighted by Crippen LogP contribution is -2.40. The van der Waals surface area contributed by atoms with Crippen molar-refractivity contribution in [2.45, 2.75) is 51.2 Å². The molecule has 2 N–H and O–H groups in total. The maximum atomic E-state index is 6.26. The smallest absolute Gasteiger partial charge is 0.123 e. The molecule has 0 saturated carbocycles. The maximum Gasteiger partial charge on any atom is 0.123 e. The van der Waals surface area contributed by atoms with Gasteiger partial charge in [0.15, 0.2) is 0 Å². The van der Waals surface area contributed by atoms with Gasteiger partial charge in [0.2, 0.25) is 0 Å². The van der Waals surface area contributed by atoms with E-state index in [1.165, 1.54) is 5.56 Å². The van der Waals surface area contributed by atoms with E-state index in [1.54, 1.807) is 0 Å². The van der Waals surface area contributed by atoms with Crippen LogP contribution >= 0.6 is 0 Å². The highest BCUT2D eigenvalue weighted by Crippen LogP contribution is 2.31. The summed E-state index contributed by atoms with van der Waals surface area (Å²) in [6, 6.07) is 8.28. The minimum atomic E-state index is -0.0958. The van der Waals surface area contributed by atoms with Crippen molar-refractivity contribution in [3.05, 3.63) is 29.8 Å². The van der Waals surface area contributed by atoms with Gasteiger partial charge in [0.05, 0.1) is 0 Å². The lowest BCUT2D eigenvalue weighted by Gasteiger charge is -2.27. The molecule has 0 bridgehead atoms. The fraction of sp³-hybridized carbons (Fsp3) is 0.571. The number of hydrogen-bond acceptors (Lipinski definition) is 2. The number of hydrogen-bond donors (Lipinski definition) is 1. The number of para-hydroxylation sites is 1. The van der Waals surface area contributed by atoms with E-state index >= 15 is 0 Å². The van der Waals surface area contributed by atoms with E-state index in [0.717, 1.165) is 31.4 Å². The topological polar surface area (TPSA) is 35.2 Å². The van der Waals surface area contributed by atoms with Gasteiger partial charge in [-0.15, -0.1) is 0 Å². The summed E-state index contributed by atoms with van der Waals surface area (Å²) in [5, 5.41) is 0. The second-order valence-electron chi connectivity index (χ2n) is 5.16. The van der Waals surface area contributed by atoms with E-state index in [2.05, 4.69) is 26.0 Å². The summed E-state index contributed by atoms with van der Waals surface area (Å²) in [6.45, 7) is 4.30. The molecule has 0 aromatic heterocycles. The van der Waals surface area contributed by atoms with Crippen LogP contribution in [0.1, 0.15) is 38.7 Å². The molecule has 2 heteroatoms. The van der Waals surface area contributed by atoms with Gasteiger partial charge in [0.25, 0.3) is 0 Å². The van der Waals surface area contributed by atoms with Gasteiger partial charge in [0.1, 0.15) is 11.9 Å². The van der Waals surface area contributed by atoms with Crippen LogP contribution < -0.4 is 10.5 Å². The first-order valence-electron chi connectivity index (χ1n) is 6.14. The van der Waals surface area contributed by atoms with Gasteiger partial charge in [-0.05, 0) is 25.0 Å². The second-order valence-corrected chi connectivity index (χ2v) is 5.16. The molecule has 0 saturated heterocycles. The quantitative estimate of drug-likeness (QED) is 0.845. The lowest BCUT2D eigenvalue weighted by molar-refractivity contribution is 0.180. The van der Waals surface area contributed by atoms with Crippen molar-refractivity contribution in [1.82, 2.24) is 0 Å². The predicted octanol–water partition coefficient (Wildman–Crippen LogP) is 2.90. The molecule has 1 aliphatic heterocycles. The Labute approximate surface area is 97.8 Å². The molecule has 1 aromatic carbocycles. The predicted molar refractivity (Wildman–Crippen MR) is 66.7 cm³/mol. The monoisotopic (exact) mass is 219 g/mol. The first kappa shape index (κ1) is 11.5. The summed E-state index contributed by atoms with van der Waals surface area (Å²) in [7, 11) is 0. The van der Waals surface area contributed by atoms with Crippen molar-refractivity contribution in [2.75, 3.05) is 0 Å². The first-order valence-corrected chi connectivity index (χ1v) is 6.14. The van der Waals surface area contributed by atoms with Crippen LogP contribution in [-0.4, -0.2) is 11.6 Å².